The van der Waals surface area contributed by atoms with Crippen molar-refractivity contribution in [3.05, 3.63) is 85.1 Å². The third-order valence-electron chi connectivity index (χ3n) is 11.0. The van der Waals surface area contributed by atoms with Gasteiger partial charge >= 0.3 is 5.97 Å². The number of carbonyl (C=O) groups is 2. The number of aliphatic hydroxyl groups excluding tert-OH is 2. The summed E-state index contributed by atoms with van der Waals surface area (Å²) in [5.41, 5.74) is 0. The molecule has 0 aliphatic rings. The molecule has 0 spiro atoms. The van der Waals surface area contributed by atoms with E-state index in [4.69, 9.17) is 4.74 Å². The zero-order valence-electron chi connectivity index (χ0n) is 39.8. The number of carbonyl (C=O) groups excluding carboxylic acids is 2. The number of hydrogen-bond acceptors (Lipinski definition) is 5. The summed E-state index contributed by atoms with van der Waals surface area (Å²) in [5.74, 6) is -0.549. The van der Waals surface area contributed by atoms with E-state index in [9.17, 15) is 19.8 Å². The van der Waals surface area contributed by atoms with E-state index in [-0.39, 0.29) is 24.9 Å². The summed E-state index contributed by atoms with van der Waals surface area (Å²) in [5, 5.41) is 23.6. The highest BCUT2D eigenvalue weighted by molar-refractivity contribution is 5.77. The SMILES string of the molecule is CC/C=C/C/C=C/C/C=C/CCCCCCCCC(=O)OC(CCC/C=C\C/C=C\C/C=C\C/C=C\CCCCC)CC(=O)NC(CO)C(O)CCCCCCCCCCC. The minimum atomic E-state index is -0.807. The lowest BCUT2D eigenvalue weighted by atomic mass is 10.0. The molecule has 0 fully saturated rings. The second kappa shape index (κ2) is 48.1. The van der Waals surface area contributed by atoms with Crippen LogP contribution in [0.15, 0.2) is 85.1 Å². The molecule has 61 heavy (non-hydrogen) atoms. The van der Waals surface area contributed by atoms with Crippen molar-refractivity contribution in [2.24, 2.45) is 0 Å². The number of ether oxygens (including phenoxy) is 1. The molecule has 0 rings (SSSR count). The largest absolute Gasteiger partial charge is 0.462 e. The zero-order chi connectivity index (χ0) is 44.5. The number of amides is 1. The van der Waals surface area contributed by atoms with Gasteiger partial charge in [-0.3, -0.25) is 9.59 Å². The fourth-order valence-electron chi connectivity index (χ4n) is 7.14. The molecule has 0 radical (unpaired) electrons. The van der Waals surface area contributed by atoms with Gasteiger partial charge in [0.2, 0.25) is 5.91 Å². The number of nitrogens with one attached hydrogen (secondary N) is 1. The van der Waals surface area contributed by atoms with E-state index in [2.05, 4.69) is 111 Å². The number of hydrogen-bond donors (Lipinski definition) is 3. The third-order valence-corrected chi connectivity index (χ3v) is 11.0. The Morgan fingerprint density at radius 1 is 0.492 bits per heavy atom. The van der Waals surface area contributed by atoms with E-state index in [0.717, 1.165) is 96.3 Å². The van der Waals surface area contributed by atoms with Crippen LogP contribution in [0.2, 0.25) is 0 Å². The van der Waals surface area contributed by atoms with Gasteiger partial charge in [0.25, 0.3) is 0 Å². The molecule has 1 amide bonds. The Kier molecular flexibility index (Phi) is 45.7. The van der Waals surface area contributed by atoms with Crippen molar-refractivity contribution in [1.29, 1.82) is 0 Å². The molecular formula is C55H95NO5. The van der Waals surface area contributed by atoms with Crippen LogP contribution in [-0.2, 0) is 14.3 Å². The van der Waals surface area contributed by atoms with Crippen LogP contribution in [-0.4, -0.2) is 46.9 Å². The average molecular weight is 850 g/mol. The first-order valence-corrected chi connectivity index (χ1v) is 25.3. The van der Waals surface area contributed by atoms with Crippen LogP contribution in [0.4, 0.5) is 0 Å². The predicted molar refractivity (Wildman–Crippen MR) is 264 cm³/mol. The normalized spacial score (nSPS) is 14.0. The summed E-state index contributed by atoms with van der Waals surface area (Å²) in [4.78, 5) is 26.1. The molecule has 0 aromatic carbocycles. The Labute approximate surface area is 376 Å². The van der Waals surface area contributed by atoms with E-state index in [1.165, 1.54) is 83.5 Å². The molecule has 3 atom stereocenters. The highest BCUT2D eigenvalue weighted by Gasteiger charge is 2.24. The lowest BCUT2D eigenvalue weighted by molar-refractivity contribution is -0.151. The quantitative estimate of drug-likeness (QED) is 0.0322. The van der Waals surface area contributed by atoms with Gasteiger partial charge < -0.3 is 20.3 Å². The van der Waals surface area contributed by atoms with Crippen molar-refractivity contribution in [2.75, 3.05) is 6.61 Å². The standard InChI is InChI=1S/C55H95NO5/c1-4-7-10-13-16-19-21-23-25-27-28-30-32-35-37-40-43-46-51(49-54(59)56-52(50-57)53(58)47-44-41-38-34-18-15-12-9-6-3)61-55(60)48-45-42-39-36-33-31-29-26-24-22-20-17-14-11-8-5-2/h8,11,16-17,19-20,23-26,28,30,35,37,51-53,57-58H,4-7,9-10,12-15,18,21-22,27,29,31-34,36,38-50H2,1-3H3,(H,56,59)/b11-8+,19-16-,20-17+,25-23-,26-24+,30-28-,37-35-. The van der Waals surface area contributed by atoms with E-state index in [1.807, 2.05) is 0 Å². The maximum atomic E-state index is 13.2. The van der Waals surface area contributed by atoms with Gasteiger partial charge in [0.15, 0.2) is 0 Å². The van der Waals surface area contributed by atoms with Crippen LogP contribution < -0.4 is 5.32 Å². The van der Waals surface area contributed by atoms with Gasteiger partial charge in [0.1, 0.15) is 6.10 Å². The van der Waals surface area contributed by atoms with Crippen LogP contribution in [0.5, 0.6) is 0 Å². The maximum absolute atomic E-state index is 13.2. The summed E-state index contributed by atoms with van der Waals surface area (Å²) in [6, 6.07) is -0.724. The molecule has 350 valence electrons. The lowest BCUT2D eigenvalue weighted by Crippen LogP contribution is -2.46. The fraction of sp³-hybridized carbons (Fsp3) is 0.709. The number of aliphatic hydroxyl groups is 2. The first-order valence-electron chi connectivity index (χ1n) is 25.3. The summed E-state index contributed by atoms with van der Waals surface area (Å²) < 4.78 is 5.90. The van der Waals surface area contributed by atoms with E-state index in [0.29, 0.717) is 19.3 Å². The van der Waals surface area contributed by atoms with Gasteiger partial charge in [0.05, 0.1) is 25.2 Å². The third kappa shape index (κ3) is 43.5. The van der Waals surface area contributed by atoms with Gasteiger partial charge in [-0.1, -0.05) is 202 Å². The van der Waals surface area contributed by atoms with Crippen molar-refractivity contribution in [3.63, 3.8) is 0 Å². The fourth-order valence-corrected chi connectivity index (χ4v) is 7.14. The molecule has 0 aromatic rings. The second-order valence-corrected chi connectivity index (χ2v) is 16.8. The Morgan fingerprint density at radius 3 is 1.41 bits per heavy atom. The molecule has 0 bridgehead atoms. The van der Waals surface area contributed by atoms with Gasteiger partial charge in [-0.2, -0.15) is 0 Å². The molecule has 6 heteroatoms. The second-order valence-electron chi connectivity index (χ2n) is 16.8. The lowest BCUT2D eigenvalue weighted by Gasteiger charge is -2.24. The molecule has 6 nitrogen and oxygen atoms in total. The highest BCUT2D eigenvalue weighted by Crippen LogP contribution is 2.16. The van der Waals surface area contributed by atoms with Crippen LogP contribution in [0.25, 0.3) is 0 Å². The van der Waals surface area contributed by atoms with Crippen LogP contribution in [0, 0.1) is 0 Å². The molecule has 3 unspecified atom stereocenters. The molecule has 0 saturated carbocycles. The van der Waals surface area contributed by atoms with Crippen LogP contribution in [0.3, 0.4) is 0 Å². The molecule has 0 saturated heterocycles. The molecule has 0 aromatic heterocycles. The van der Waals surface area contributed by atoms with E-state index >= 15 is 0 Å². The van der Waals surface area contributed by atoms with E-state index < -0.39 is 18.2 Å². The highest BCUT2D eigenvalue weighted by atomic mass is 16.5. The average Bonchev–Trinajstić information content (AvgIpc) is 3.25. The Bertz CT molecular complexity index is 1180. The van der Waals surface area contributed by atoms with Crippen molar-refractivity contribution in [1.82, 2.24) is 5.32 Å². The van der Waals surface area contributed by atoms with Crippen LogP contribution in [0.1, 0.15) is 226 Å². The number of unbranched alkanes of at least 4 members (excludes halogenated alkanes) is 18. The Hall–Kier alpha value is -2.96. The number of esters is 1. The molecule has 3 N–H and O–H groups in total. The van der Waals surface area contributed by atoms with Gasteiger partial charge in [-0.25, -0.2) is 0 Å². The van der Waals surface area contributed by atoms with Crippen molar-refractivity contribution >= 4 is 11.9 Å². The zero-order valence-corrected chi connectivity index (χ0v) is 39.8. The minimum Gasteiger partial charge on any atom is -0.462 e. The smallest absolute Gasteiger partial charge is 0.306 e. The first kappa shape index (κ1) is 58.0. The number of rotatable bonds is 44. The van der Waals surface area contributed by atoms with Gasteiger partial charge in [0, 0.05) is 6.42 Å². The topological polar surface area (TPSA) is 95.9 Å². The van der Waals surface area contributed by atoms with Crippen molar-refractivity contribution in [3.8, 4) is 0 Å². The summed E-state index contributed by atoms with van der Waals surface area (Å²) >= 11 is 0. The van der Waals surface area contributed by atoms with Crippen LogP contribution >= 0.6 is 0 Å². The predicted octanol–water partition coefficient (Wildman–Crippen LogP) is 15.2. The van der Waals surface area contributed by atoms with E-state index in [1.54, 1.807) is 0 Å². The molecule has 0 aliphatic heterocycles. The first-order chi connectivity index (χ1) is 30.0. The Balaban J connectivity index is 4.73. The van der Waals surface area contributed by atoms with Gasteiger partial charge in [-0.15, -0.1) is 0 Å². The van der Waals surface area contributed by atoms with Crippen molar-refractivity contribution in [2.45, 2.75) is 244 Å². The minimum absolute atomic E-state index is 0.0304. The van der Waals surface area contributed by atoms with Gasteiger partial charge in [-0.05, 0) is 96.3 Å². The monoisotopic (exact) mass is 850 g/mol. The summed E-state index contributed by atoms with van der Waals surface area (Å²) in [6.45, 7) is 6.30. The number of allylic oxidation sites excluding steroid dienone is 14. The van der Waals surface area contributed by atoms with Crippen molar-refractivity contribution < 1.29 is 24.5 Å². The summed E-state index contributed by atoms with van der Waals surface area (Å²) in [7, 11) is 0. The summed E-state index contributed by atoms with van der Waals surface area (Å²) in [6.07, 6.45) is 62.2. The molecular weight excluding hydrogens is 755 g/mol. The molecule has 0 heterocycles. The Morgan fingerprint density at radius 2 is 0.902 bits per heavy atom. The maximum Gasteiger partial charge on any atom is 0.306 e. The molecule has 0 aliphatic carbocycles.